The molecule has 0 aliphatic rings. The van der Waals surface area contributed by atoms with E-state index in [0.29, 0.717) is 16.3 Å². The maximum Gasteiger partial charge on any atom is 0.284 e. The maximum atomic E-state index is 12.3. The molecule has 0 aliphatic carbocycles. The smallest absolute Gasteiger partial charge is 0.284 e. The first-order valence-corrected chi connectivity index (χ1v) is 8.00. The number of anilines is 1. The van der Waals surface area contributed by atoms with Crippen LogP contribution in [0, 0.1) is 17.0 Å². The zero-order valence-electron chi connectivity index (χ0n) is 12.7. The summed E-state index contributed by atoms with van der Waals surface area (Å²) >= 11 is 1.23. The van der Waals surface area contributed by atoms with Gasteiger partial charge in [0, 0.05) is 28.3 Å². The van der Waals surface area contributed by atoms with Gasteiger partial charge in [0.2, 0.25) is 0 Å². The monoisotopic (exact) mass is 339 g/mol. The number of rotatable bonds is 4. The van der Waals surface area contributed by atoms with Gasteiger partial charge in [-0.05, 0) is 13.0 Å². The van der Waals surface area contributed by atoms with Crippen molar-refractivity contribution in [2.75, 3.05) is 5.32 Å². The molecule has 1 heterocycles. The number of nitro benzene ring substituents is 1. The third-order valence-electron chi connectivity index (χ3n) is 3.43. The predicted molar refractivity (Wildman–Crippen MR) is 93.3 cm³/mol. The van der Waals surface area contributed by atoms with Gasteiger partial charge in [-0.1, -0.05) is 36.4 Å². The number of hydrogen-bond acceptors (Lipinski definition) is 5. The van der Waals surface area contributed by atoms with Crippen molar-refractivity contribution in [3.8, 4) is 11.3 Å². The standard InChI is InChI=1S/C17H13N3O3S/c1-11-7-8-13(9-15(11)20(22)23)18-16(21)17-19-14(10-24-17)12-5-3-2-4-6-12/h2-10H,1H3,(H,18,21). The van der Waals surface area contributed by atoms with Gasteiger partial charge in [0.05, 0.1) is 10.6 Å². The number of amides is 1. The molecule has 3 rings (SSSR count). The second-order valence-corrected chi connectivity index (χ2v) is 5.97. The molecule has 6 nitrogen and oxygen atoms in total. The van der Waals surface area contributed by atoms with Gasteiger partial charge in [-0.25, -0.2) is 4.98 Å². The number of aryl methyl sites for hydroxylation is 1. The highest BCUT2D eigenvalue weighted by atomic mass is 32.1. The number of nitrogens with one attached hydrogen (secondary N) is 1. The molecule has 3 aromatic rings. The quantitative estimate of drug-likeness (QED) is 0.568. The number of nitrogens with zero attached hydrogens (tertiary/aromatic N) is 2. The van der Waals surface area contributed by atoms with Crippen LogP contribution in [0.5, 0.6) is 0 Å². The van der Waals surface area contributed by atoms with Gasteiger partial charge in [0.15, 0.2) is 5.01 Å². The summed E-state index contributed by atoms with van der Waals surface area (Å²) < 4.78 is 0. The number of carbonyl (C=O) groups is 1. The van der Waals surface area contributed by atoms with Crippen LogP contribution < -0.4 is 5.32 Å². The highest BCUT2D eigenvalue weighted by Crippen LogP contribution is 2.25. The van der Waals surface area contributed by atoms with Crippen molar-refractivity contribution in [3.63, 3.8) is 0 Å². The molecule has 0 saturated heterocycles. The zero-order chi connectivity index (χ0) is 17.1. The zero-order valence-corrected chi connectivity index (χ0v) is 13.5. The van der Waals surface area contributed by atoms with E-state index in [2.05, 4.69) is 10.3 Å². The Bertz CT molecular complexity index is 906. The van der Waals surface area contributed by atoms with E-state index in [1.54, 1.807) is 19.1 Å². The molecule has 1 aromatic heterocycles. The molecule has 0 unspecified atom stereocenters. The third kappa shape index (κ3) is 3.31. The predicted octanol–water partition coefficient (Wildman–Crippen LogP) is 4.28. The van der Waals surface area contributed by atoms with E-state index in [0.717, 1.165) is 11.3 Å². The minimum absolute atomic E-state index is 0.0306. The van der Waals surface area contributed by atoms with Crippen molar-refractivity contribution in [2.45, 2.75) is 6.92 Å². The van der Waals surface area contributed by atoms with Crippen LogP contribution >= 0.6 is 11.3 Å². The third-order valence-corrected chi connectivity index (χ3v) is 4.27. The molecule has 0 spiro atoms. The van der Waals surface area contributed by atoms with Crippen molar-refractivity contribution in [1.29, 1.82) is 0 Å². The lowest BCUT2D eigenvalue weighted by atomic mass is 10.2. The van der Waals surface area contributed by atoms with Crippen molar-refractivity contribution < 1.29 is 9.72 Å². The highest BCUT2D eigenvalue weighted by molar-refractivity contribution is 7.12. The SMILES string of the molecule is Cc1ccc(NC(=O)c2nc(-c3ccccc3)cs2)cc1[N+](=O)[O-]. The topological polar surface area (TPSA) is 85.1 Å². The first-order valence-electron chi connectivity index (χ1n) is 7.12. The second-order valence-electron chi connectivity index (χ2n) is 5.12. The number of nitro groups is 1. The number of carbonyl (C=O) groups excluding carboxylic acids is 1. The van der Waals surface area contributed by atoms with Gasteiger partial charge in [0.25, 0.3) is 11.6 Å². The van der Waals surface area contributed by atoms with Crippen LogP contribution in [-0.4, -0.2) is 15.8 Å². The van der Waals surface area contributed by atoms with Gasteiger partial charge in [0.1, 0.15) is 0 Å². The Balaban J connectivity index is 1.80. The van der Waals surface area contributed by atoms with Crippen molar-refractivity contribution >= 4 is 28.6 Å². The average molecular weight is 339 g/mol. The van der Waals surface area contributed by atoms with Gasteiger partial charge in [-0.2, -0.15) is 0 Å². The molecule has 0 bridgehead atoms. The van der Waals surface area contributed by atoms with Gasteiger partial charge >= 0.3 is 0 Å². The summed E-state index contributed by atoms with van der Waals surface area (Å²) in [6.45, 7) is 1.65. The molecule has 0 fully saturated rings. The van der Waals surface area contributed by atoms with Crippen molar-refractivity contribution in [2.24, 2.45) is 0 Å². The lowest BCUT2D eigenvalue weighted by Crippen LogP contribution is -2.11. The summed E-state index contributed by atoms with van der Waals surface area (Å²) in [4.78, 5) is 27.1. The molecule has 0 atom stereocenters. The number of aromatic nitrogens is 1. The van der Waals surface area contributed by atoms with Gasteiger partial charge in [-0.3, -0.25) is 14.9 Å². The Labute approximate surface area is 141 Å². The normalized spacial score (nSPS) is 10.4. The van der Waals surface area contributed by atoms with E-state index in [-0.39, 0.29) is 11.6 Å². The van der Waals surface area contributed by atoms with E-state index < -0.39 is 4.92 Å². The van der Waals surface area contributed by atoms with E-state index in [1.807, 2.05) is 35.7 Å². The van der Waals surface area contributed by atoms with E-state index in [1.165, 1.54) is 17.4 Å². The number of benzene rings is 2. The fourth-order valence-electron chi connectivity index (χ4n) is 2.19. The molecule has 0 aliphatic heterocycles. The average Bonchev–Trinajstić information content (AvgIpc) is 3.07. The van der Waals surface area contributed by atoms with E-state index in [4.69, 9.17) is 0 Å². The van der Waals surface area contributed by atoms with Crippen molar-refractivity contribution in [3.05, 3.63) is 74.6 Å². The second kappa shape index (κ2) is 6.59. The summed E-state index contributed by atoms with van der Waals surface area (Å²) in [7, 11) is 0. The van der Waals surface area contributed by atoms with Crippen LogP contribution in [0.4, 0.5) is 11.4 Å². The maximum absolute atomic E-state index is 12.3. The van der Waals surface area contributed by atoms with Crippen LogP contribution in [0.2, 0.25) is 0 Å². The van der Waals surface area contributed by atoms with E-state index >= 15 is 0 Å². The molecule has 2 aromatic carbocycles. The van der Waals surface area contributed by atoms with Crippen LogP contribution in [0.25, 0.3) is 11.3 Å². The Morgan fingerprint density at radius 1 is 1.21 bits per heavy atom. The fraction of sp³-hybridized carbons (Fsp3) is 0.0588. The molecule has 120 valence electrons. The molecule has 0 saturated carbocycles. The summed E-state index contributed by atoms with van der Waals surface area (Å²) in [6.07, 6.45) is 0. The molecular weight excluding hydrogens is 326 g/mol. The molecule has 1 N–H and O–H groups in total. The molecular formula is C17H13N3O3S. The van der Waals surface area contributed by atoms with Crippen LogP contribution in [0.1, 0.15) is 15.4 Å². The number of hydrogen-bond donors (Lipinski definition) is 1. The van der Waals surface area contributed by atoms with Gasteiger partial charge in [-0.15, -0.1) is 11.3 Å². The Morgan fingerprint density at radius 2 is 1.96 bits per heavy atom. The van der Waals surface area contributed by atoms with Crippen LogP contribution in [0.3, 0.4) is 0 Å². The summed E-state index contributed by atoms with van der Waals surface area (Å²) in [5, 5.41) is 15.7. The lowest BCUT2D eigenvalue weighted by Gasteiger charge is -2.04. The highest BCUT2D eigenvalue weighted by Gasteiger charge is 2.15. The Kier molecular flexibility index (Phi) is 4.35. The van der Waals surface area contributed by atoms with Gasteiger partial charge < -0.3 is 5.32 Å². The summed E-state index contributed by atoms with van der Waals surface area (Å²) in [5.41, 5.74) is 2.53. The first kappa shape index (κ1) is 15.8. The van der Waals surface area contributed by atoms with Crippen LogP contribution in [-0.2, 0) is 0 Å². The largest absolute Gasteiger partial charge is 0.320 e. The summed E-state index contributed by atoms with van der Waals surface area (Å²) in [5.74, 6) is -0.389. The minimum Gasteiger partial charge on any atom is -0.320 e. The summed E-state index contributed by atoms with van der Waals surface area (Å²) in [6, 6.07) is 14.1. The minimum atomic E-state index is -0.470. The fourth-order valence-corrected chi connectivity index (χ4v) is 2.91. The Hall–Kier alpha value is -3.06. The molecule has 7 heteroatoms. The van der Waals surface area contributed by atoms with Crippen LogP contribution in [0.15, 0.2) is 53.9 Å². The molecule has 0 radical (unpaired) electrons. The van der Waals surface area contributed by atoms with E-state index in [9.17, 15) is 14.9 Å². The first-order chi connectivity index (χ1) is 11.5. The Morgan fingerprint density at radius 3 is 2.67 bits per heavy atom. The molecule has 24 heavy (non-hydrogen) atoms. The lowest BCUT2D eigenvalue weighted by molar-refractivity contribution is -0.385. The van der Waals surface area contributed by atoms with Crippen molar-refractivity contribution in [1.82, 2.24) is 4.98 Å². The molecule has 1 amide bonds. The number of thiazole rings is 1.